The third-order valence-electron chi connectivity index (χ3n) is 2.04. The summed E-state index contributed by atoms with van der Waals surface area (Å²) in [7, 11) is 1.91. The van der Waals surface area contributed by atoms with Gasteiger partial charge in [-0.3, -0.25) is 10.1 Å². The van der Waals surface area contributed by atoms with Gasteiger partial charge in [-0.25, -0.2) is 0 Å². The Bertz CT molecular complexity index is 295. The van der Waals surface area contributed by atoms with Crippen LogP contribution in [-0.2, 0) is 6.42 Å². The van der Waals surface area contributed by atoms with Crippen molar-refractivity contribution >= 4 is 5.69 Å². The molecule has 1 N–H and O–H groups in total. The fraction of sp³-hybridized carbons (Fsp3) is 0.400. The number of hydrogen-bond donors (Lipinski definition) is 1. The summed E-state index contributed by atoms with van der Waals surface area (Å²) in [6, 6.07) is 6.73. The topological polar surface area (TPSA) is 55.2 Å². The number of nitro benzene ring substituents is 1. The van der Waals surface area contributed by atoms with Crippen molar-refractivity contribution in [2.45, 2.75) is 12.8 Å². The molecule has 0 bridgehead atoms. The van der Waals surface area contributed by atoms with E-state index in [4.69, 9.17) is 0 Å². The molecule has 0 saturated heterocycles. The van der Waals surface area contributed by atoms with E-state index >= 15 is 0 Å². The summed E-state index contributed by atoms with van der Waals surface area (Å²) in [6.45, 7) is 0.969. The van der Waals surface area contributed by atoms with Gasteiger partial charge in [0, 0.05) is 12.1 Å². The van der Waals surface area contributed by atoms with Crippen LogP contribution in [0.25, 0.3) is 0 Å². The van der Waals surface area contributed by atoms with E-state index in [-0.39, 0.29) is 10.6 Å². The maximum atomic E-state index is 10.4. The third kappa shape index (κ3) is 3.14. The molecule has 0 unspecified atom stereocenters. The SMILES string of the molecule is CNCCCc1ccc([N+](=O)[O-])cc1. The zero-order valence-corrected chi connectivity index (χ0v) is 8.19. The largest absolute Gasteiger partial charge is 0.320 e. The van der Waals surface area contributed by atoms with Gasteiger partial charge < -0.3 is 5.32 Å². The minimum atomic E-state index is -0.378. The van der Waals surface area contributed by atoms with Crippen LogP contribution in [0.2, 0.25) is 0 Å². The van der Waals surface area contributed by atoms with Crippen LogP contribution in [-0.4, -0.2) is 18.5 Å². The molecule has 1 rings (SSSR count). The highest BCUT2D eigenvalue weighted by molar-refractivity contribution is 5.32. The summed E-state index contributed by atoms with van der Waals surface area (Å²) >= 11 is 0. The van der Waals surface area contributed by atoms with E-state index in [1.807, 2.05) is 19.2 Å². The van der Waals surface area contributed by atoms with Crippen LogP contribution < -0.4 is 5.32 Å². The first-order valence-electron chi connectivity index (χ1n) is 4.62. The molecule has 4 nitrogen and oxygen atoms in total. The average Bonchev–Trinajstić information content (AvgIpc) is 2.19. The molecule has 76 valence electrons. The summed E-state index contributed by atoms with van der Waals surface area (Å²) in [5, 5.41) is 13.4. The Balaban J connectivity index is 2.51. The Kier molecular flexibility index (Phi) is 4.07. The van der Waals surface area contributed by atoms with E-state index in [1.165, 1.54) is 0 Å². The number of nitro groups is 1. The lowest BCUT2D eigenvalue weighted by molar-refractivity contribution is -0.384. The predicted octanol–water partition coefficient (Wildman–Crippen LogP) is 1.75. The van der Waals surface area contributed by atoms with Gasteiger partial charge in [0.2, 0.25) is 0 Å². The van der Waals surface area contributed by atoms with E-state index in [0.717, 1.165) is 24.9 Å². The monoisotopic (exact) mass is 194 g/mol. The van der Waals surface area contributed by atoms with Crippen LogP contribution in [0.5, 0.6) is 0 Å². The van der Waals surface area contributed by atoms with Gasteiger partial charge in [-0.1, -0.05) is 12.1 Å². The minimum absolute atomic E-state index is 0.155. The van der Waals surface area contributed by atoms with Crippen molar-refractivity contribution < 1.29 is 4.92 Å². The Hall–Kier alpha value is -1.42. The highest BCUT2D eigenvalue weighted by atomic mass is 16.6. The van der Waals surface area contributed by atoms with Crippen molar-refractivity contribution in [1.29, 1.82) is 0 Å². The molecule has 0 heterocycles. The highest BCUT2D eigenvalue weighted by Crippen LogP contribution is 2.12. The van der Waals surface area contributed by atoms with Crippen molar-refractivity contribution in [3.05, 3.63) is 39.9 Å². The molecular formula is C10H14N2O2. The second kappa shape index (κ2) is 5.34. The molecule has 0 spiro atoms. The number of hydrogen-bond acceptors (Lipinski definition) is 3. The van der Waals surface area contributed by atoms with Crippen LogP contribution in [0.4, 0.5) is 5.69 Å². The standard InChI is InChI=1S/C10H14N2O2/c1-11-8-2-3-9-4-6-10(7-5-9)12(13)14/h4-7,11H,2-3,8H2,1H3. The van der Waals surface area contributed by atoms with E-state index in [1.54, 1.807) is 12.1 Å². The van der Waals surface area contributed by atoms with Crippen LogP contribution in [0.15, 0.2) is 24.3 Å². The van der Waals surface area contributed by atoms with Crippen molar-refractivity contribution in [2.75, 3.05) is 13.6 Å². The number of aryl methyl sites for hydroxylation is 1. The lowest BCUT2D eigenvalue weighted by atomic mass is 10.1. The maximum absolute atomic E-state index is 10.4. The molecule has 0 saturated carbocycles. The molecule has 0 aliphatic carbocycles. The smallest absolute Gasteiger partial charge is 0.269 e. The van der Waals surface area contributed by atoms with E-state index in [0.29, 0.717) is 0 Å². The lowest BCUT2D eigenvalue weighted by Crippen LogP contribution is -2.08. The zero-order chi connectivity index (χ0) is 10.4. The number of nitrogens with one attached hydrogen (secondary N) is 1. The Morgan fingerprint density at radius 2 is 2.00 bits per heavy atom. The summed E-state index contributed by atoms with van der Waals surface area (Å²) < 4.78 is 0. The fourth-order valence-electron chi connectivity index (χ4n) is 1.25. The van der Waals surface area contributed by atoms with E-state index < -0.39 is 0 Å². The van der Waals surface area contributed by atoms with Gasteiger partial charge in [-0.2, -0.15) is 0 Å². The molecule has 1 aromatic carbocycles. The van der Waals surface area contributed by atoms with Gasteiger partial charge in [-0.05, 0) is 32.0 Å². The van der Waals surface area contributed by atoms with Crippen LogP contribution in [0.3, 0.4) is 0 Å². The zero-order valence-electron chi connectivity index (χ0n) is 8.19. The molecule has 0 fully saturated rings. The van der Waals surface area contributed by atoms with E-state index in [9.17, 15) is 10.1 Å². The lowest BCUT2D eigenvalue weighted by Gasteiger charge is -2.00. The first-order valence-corrected chi connectivity index (χ1v) is 4.62. The second-order valence-electron chi connectivity index (χ2n) is 3.13. The molecule has 0 atom stereocenters. The van der Waals surface area contributed by atoms with Crippen LogP contribution in [0.1, 0.15) is 12.0 Å². The Labute approximate surface area is 83.1 Å². The first kappa shape index (κ1) is 10.7. The maximum Gasteiger partial charge on any atom is 0.269 e. The number of nitrogens with zero attached hydrogens (tertiary/aromatic N) is 1. The van der Waals surface area contributed by atoms with Gasteiger partial charge in [0.05, 0.1) is 4.92 Å². The first-order chi connectivity index (χ1) is 6.74. The molecule has 4 heteroatoms. The normalized spacial score (nSPS) is 10.1. The Morgan fingerprint density at radius 1 is 1.36 bits per heavy atom. The van der Waals surface area contributed by atoms with Crippen LogP contribution >= 0.6 is 0 Å². The number of benzene rings is 1. The minimum Gasteiger partial charge on any atom is -0.320 e. The summed E-state index contributed by atoms with van der Waals surface area (Å²) in [5.74, 6) is 0. The van der Waals surface area contributed by atoms with Gasteiger partial charge >= 0.3 is 0 Å². The molecule has 14 heavy (non-hydrogen) atoms. The van der Waals surface area contributed by atoms with Crippen molar-refractivity contribution in [1.82, 2.24) is 5.32 Å². The molecule has 0 aliphatic heterocycles. The highest BCUT2D eigenvalue weighted by Gasteiger charge is 2.02. The number of non-ortho nitro benzene ring substituents is 1. The van der Waals surface area contributed by atoms with Crippen molar-refractivity contribution in [3.8, 4) is 0 Å². The summed E-state index contributed by atoms with van der Waals surface area (Å²) in [6.07, 6.45) is 2.01. The summed E-state index contributed by atoms with van der Waals surface area (Å²) in [4.78, 5) is 9.99. The fourth-order valence-corrected chi connectivity index (χ4v) is 1.25. The number of rotatable bonds is 5. The van der Waals surface area contributed by atoms with Gasteiger partial charge in [0.1, 0.15) is 0 Å². The quantitative estimate of drug-likeness (QED) is 0.441. The van der Waals surface area contributed by atoms with Crippen molar-refractivity contribution in [3.63, 3.8) is 0 Å². The van der Waals surface area contributed by atoms with Gasteiger partial charge in [-0.15, -0.1) is 0 Å². The van der Waals surface area contributed by atoms with E-state index in [2.05, 4.69) is 5.32 Å². The molecular weight excluding hydrogens is 180 g/mol. The second-order valence-corrected chi connectivity index (χ2v) is 3.13. The van der Waals surface area contributed by atoms with Gasteiger partial charge in [0.25, 0.3) is 5.69 Å². The van der Waals surface area contributed by atoms with Crippen LogP contribution in [0, 0.1) is 10.1 Å². The van der Waals surface area contributed by atoms with Crippen molar-refractivity contribution in [2.24, 2.45) is 0 Å². The molecule has 0 radical (unpaired) electrons. The molecule has 1 aromatic rings. The molecule has 0 aliphatic rings. The average molecular weight is 194 g/mol. The predicted molar refractivity (Wildman–Crippen MR) is 55.3 cm³/mol. The van der Waals surface area contributed by atoms with Gasteiger partial charge in [0.15, 0.2) is 0 Å². The molecule has 0 amide bonds. The molecule has 0 aromatic heterocycles. The third-order valence-corrected chi connectivity index (χ3v) is 2.04. The Morgan fingerprint density at radius 3 is 2.50 bits per heavy atom. The summed E-state index contributed by atoms with van der Waals surface area (Å²) in [5.41, 5.74) is 1.30.